The Kier molecular flexibility index (Phi) is 4.89. The number of amides is 1. The maximum absolute atomic E-state index is 12.1. The highest BCUT2D eigenvalue weighted by molar-refractivity contribution is 5.93. The van der Waals surface area contributed by atoms with Crippen LogP contribution in [0, 0.1) is 0 Å². The number of phenols is 1. The zero-order valence-electron chi connectivity index (χ0n) is 12.7. The van der Waals surface area contributed by atoms with Crippen molar-refractivity contribution in [3.05, 3.63) is 36.0 Å². The van der Waals surface area contributed by atoms with E-state index >= 15 is 0 Å². The maximum Gasteiger partial charge on any atom is 0.273 e. The number of aromatic hydroxyl groups is 1. The first kappa shape index (κ1) is 15.5. The van der Waals surface area contributed by atoms with Gasteiger partial charge in [-0.15, -0.1) is 0 Å². The molecule has 0 atom stereocenters. The third kappa shape index (κ3) is 4.08. The predicted molar refractivity (Wildman–Crippen MR) is 83.2 cm³/mol. The first-order valence-electron chi connectivity index (χ1n) is 7.57. The number of hydrogen-bond donors (Lipinski definition) is 2. The summed E-state index contributed by atoms with van der Waals surface area (Å²) in [6.45, 7) is 4.62. The lowest BCUT2D eigenvalue weighted by Gasteiger charge is -2.26. The molecule has 0 unspecified atom stereocenters. The molecule has 1 aromatic heterocycles. The third-order valence-corrected chi connectivity index (χ3v) is 3.71. The van der Waals surface area contributed by atoms with Crippen molar-refractivity contribution in [1.82, 2.24) is 15.4 Å². The minimum absolute atomic E-state index is 0.175. The first-order chi connectivity index (χ1) is 11.2. The topological polar surface area (TPSA) is 87.8 Å². The molecule has 2 heterocycles. The normalized spacial score (nSPS) is 15.5. The minimum atomic E-state index is -0.257. The molecule has 0 radical (unpaired) electrons. The van der Waals surface area contributed by atoms with E-state index in [2.05, 4.69) is 15.4 Å². The number of nitrogens with one attached hydrogen (secondary N) is 1. The third-order valence-electron chi connectivity index (χ3n) is 3.71. The van der Waals surface area contributed by atoms with E-state index in [4.69, 9.17) is 9.26 Å². The molecule has 1 aromatic carbocycles. The van der Waals surface area contributed by atoms with Crippen LogP contribution in [0.15, 0.2) is 34.9 Å². The molecule has 0 bridgehead atoms. The lowest BCUT2D eigenvalue weighted by Crippen LogP contribution is -2.41. The monoisotopic (exact) mass is 317 g/mol. The van der Waals surface area contributed by atoms with Gasteiger partial charge in [0.2, 0.25) is 0 Å². The van der Waals surface area contributed by atoms with Crippen molar-refractivity contribution in [3.63, 3.8) is 0 Å². The van der Waals surface area contributed by atoms with Crippen molar-refractivity contribution >= 4 is 5.91 Å². The molecule has 0 aliphatic carbocycles. The fourth-order valence-electron chi connectivity index (χ4n) is 2.39. The van der Waals surface area contributed by atoms with E-state index in [1.807, 2.05) is 0 Å². The molecule has 23 heavy (non-hydrogen) atoms. The second kappa shape index (κ2) is 7.26. The Bertz CT molecular complexity index is 648. The molecular formula is C16H19N3O4. The van der Waals surface area contributed by atoms with Crippen LogP contribution in [0.5, 0.6) is 5.75 Å². The van der Waals surface area contributed by atoms with Gasteiger partial charge in [-0.25, -0.2) is 0 Å². The van der Waals surface area contributed by atoms with Crippen molar-refractivity contribution in [2.45, 2.75) is 0 Å². The highest BCUT2D eigenvalue weighted by atomic mass is 16.5. The Balaban J connectivity index is 1.52. The average Bonchev–Trinajstić information content (AvgIpc) is 3.06. The van der Waals surface area contributed by atoms with Crippen molar-refractivity contribution in [3.8, 4) is 17.1 Å². The number of benzene rings is 1. The quantitative estimate of drug-likeness (QED) is 0.859. The number of nitrogens with zero attached hydrogens (tertiary/aromatic N) is 2. The summed E-state index contributed by atoms with van der Waals surface area (Å²) in [5.41, 5.74) is 0.998. The Labute approximate surface area is 133 Å². The molecule has 3 rings (SSSR count). The number of morpholine rings is 1. The fraction of sp³-hybridized carbons (Fsp3) is 0.375. The van der Waals surface area contributed by atoms with Crippen molar-refractivity contribution in [2.24, 2.45) is 0 Å². The number of hydrogen-bond acceptors (Lipinski definition) is 6. The molecule has 7 nitrogen and oxygen atoms in total. The van der Waals surface area contributed by atoms with Gasteiger partial charge in [0, 0.05) is 37.8 Å². The van der Waals surface area contributed by atoms with E-state index in [0.29, 0.717) is 12.3 Å². The zero-order valence-corrected chi connectivity index (χ0v) is 12.7. The molecule has 122 valence electrons. The van der Waals surface area contributed by atoms with Crippen LogP contribution >= 0.6 is 0 Å². The van der Waals surface area contributed by atoms with Gasteiger partial charge in [0.05, 0.1) is 13.2 Å². The summed E-state index contributed by atoms with van der Waals surface area (Å²) in [6.07, 6.45) is 0. The zero-order chi connectivity index (χ0) is 16.1. The van der Waals surface area contributed by atoms with Crippen LogP contribution in [0.3, 0.4) is 0 Å². The van der Waals surface area contributed by atoms with Gasteiger partial charge in [-0.1, -0.05) is 5.16 Å². The van der Waals surface area contributed by atoms with E-state index in [0.717, 1.165) is 38.4 Å². The number of carbonyl (C=O) groups excluding carboxylic acids is 1. The fourth-order valence-corrected chi connectivity index (χ4v) is 2.39. The van der Waals surface area contributed by atoms with Crippen molar-refractivity contribution in [1.29, 1.82) is 0 Å². The largest absolute Gasteiger partial charge is 0.508 e. The summed E-state index contributed by atoms with van der Waals surface area (Å²) >= 11 is 0. The molecule has 2 aromatic rings. The summed E-state index contributed by atoms with van der Waals surface area (Å²) < 4.78 is 10.5. The van der Waals surface area contributed by atoms with Gasteiger partial charge in [-0.2, -0.15) is 0 Å². The highest BCUT2D eigenvalue weighted by Gasteiger charge is 2.14. The van der Waals surface area contributed by atoms with Gasteiger partial charge in [0.1, 0.15) is 5.75 Å². The maximum atomic E-state index is 12.1. The van der Waals surface area contributed by atoms with Crippen LogP contribution in [0.2, 0.25) is 0 Å². The van der Waals surface area contributed by atoms with E-state index in [-0.39, 0.29) is 17.4 Å². The number of carbonyl (C=O) groups is 1. The van der Waals surface area contributed by atoms with Crippen LogP contribution in [0.1, 0.15) is 10.5 Å². The van der Waals surface area contributed by atoms with Gasteiger partial charge in [0.15, 0.2) is 11.5 Å². The van der Waals surface area contributed by atoms with Crippen LogP contribution < -0.4 is 5.32 Å². The van der Waals surface area contributed by atoms with E-state index in [9.17, 15) is 9.90 Å². The standard InChI is InChI=1S/C16H19N3O4/c20-13-3-1-12(2-4-13)15-11-14(18-23-15)16(21)17-5-6-19-7-9-22-10-8-19/h1-4,11,20H,5-10H2,(H,17,21). The highest BCUT2D eigenvalue weighted by Crippen LogP contribution is 2.22. The molecule has 0 saturated carbocycles. The molecule has 1 aliphatic heterocycles. The Morgan fingerprint density at radius 3 is 2.74 bits per heavy atom. The second-order valence-electron chi connectivity index (χ2n) is 5.33. The van der Waals surface area contributed by atoms with Gasteiger partial charge in [-0.05, 0) is 24.3 Å². The number of ether oxygens (including phenoxy) is 1. The number of aromatic nitrogens is 1. The summed E-state index contributed by atoms with van der Waals surface area (Å²) in [5, 5.41) is 15.9. The van der Waals surface area contributed by atoms with E-state index in [1.165, 1.54) is 0 Å². The second-order valence-corrected chi connectivity index (χ2v) is 5.33. The van der Waals surface area contributed by atoms with Crippen LogP contribution in [0.4, 0.5) is 0 Å². The summed E-state index contributed by atoms with van der Waals surface area (Å²) in [5.74, 6) is 0.407. The van der Waals surface area contributed by atoms with Crippen LogP contribution in [-0.4, -0.2) is 60.5 Å². The molecular weight excluding hydrogens is 298 g/mol. The molecule has 1 saturated heterocycles. The smallest absolute Gasteiger partial charge is 0.273 e. The lowest BCUT2D eigenvalue weighted by atomic mass is 10.1. The minimum Gasteiger partial charge on any atom is -0.508 e. The molecule has 0 spiro atoms. The van der Waals surface area contributed by atoms with E-state index in [1.54, 1.807) is 30.3 Å². The number of rotatable bonds is 5. The molecule has 2 N–H and O–H groups in total. The van der Waals surface area contributed by atoms with E-state index < -0.39 is 0 Å². The van der Waals surface area contributed by atoms with Gasteiger partial charge in [0.25, 0.3) is 5.91 Å². The summed E-state index contributed by atoms with van der Waals surface area (Å²) in [6, 6.07) is 8.11. The SMILES string of the molecule is O=C(NCCN1CCOCC1)c1cc(-c2ccc(O)cc2)on1. The summed E-state index contributed by atoms with van der Waals surface area (Å²) in [7, 11) is 0. The van der Waals surface area contributed by atoms with Gasteiger partial charge >= 0.3 is 0 Å². The predicted octanol–water partition coefficient (Wildman–Crippen LogP) is 1.11. The van der Waals surface area contributed by atoms with Gasteiger partial charge in [-0.3, -0.25) is 9.69 Å². The Morgan fingerprint density at radius 1 is 1.26 bits per heavy atom. The number of phenolic OH excluding ortho intramolecular Hbond substituents is 1. The molecule has 1 aliphatic rings. The first-order valence-corrected chi connectivity index (χ1v) is 7.57. The lowest BCUT2D eigenvalue weighted by molar-refractivity contribution is 0.0383. The van der Waals surface area contributed by atoms with Gasteiger partial charge < -0.3 is 19.7 Å². The van der Waals surface area contributed by atoms with Crippen molar-refractivity contribution in [2.75, 3.05) is 39.4 Å². The molecule has 1 amide bonds. The van der Waals surface area contributed by atoms with Crippen LogP contribution in [-0.2, 0) is 4.74 Å². The van der Waals surface area contributed by atoms with Crippen LogP contribution in [0.25, 0.3) is 11.3 Å². The molecule has 7 heteroatoms. The average molecular weight is 317 g/mol. The summed E-state index contributed by atoms with van der Waals surface area (Å²) in [4.78, 5) is 14.3. The van der Waals surface area contributed by atoms with Crippen molar-refractivity contribution < 1.29 is 19.2 Å². The Hall–Kier alpha value is -2.38. The Morgan fingerprint density at radius 2 is 2.00 bits per heavy atom. The molecule has 1 fully saturated rings.